The first kappa shape index (κ1) is 12.2. The van der Waals surface area contributed by atoms with Crippen LogP contribution >= 0.6 is 11.3 Å². The molecule has 2 aromatic rings. The summed E-state index contributed by atoms with van der Waals surface area (Å²) in [6.07, 6.45) is 7.14. The van der Waals surface area contributed by atoms with Crippen LogP contribution in [-0.4, -0.2) is 23.2 Å². The van der Waals surface area contributed by atoms with Crippen LogP contribution in [0.3, 0.4) is 0 Å². The van der Waals surface area contributed by atoms with Gasteiger partial charge in [0, 0.05) is 18.0 Å². The highest BCUT2D eigenvalue weighted by Crippen LogP contribution is 2.43. The molecular formula is C14H18N4OS. The number of thiophene rings is 1. The van der Waals surface area contributed by atoms with Crippen molar-refractivity contribution in [1.82, 2.24) is 10.1 Å². The summed E-state index contributed by atoms with van der Waals surface area (Å²) in [5, 5.41) is 4.97. The molecule has 0 atom stereocenters. The van der Waals surface area contributed by atoms with Gasteiger partial charge in [-0.05, 0) is 49.2 Å². The molecule has 0 aromatic carbocycles. The van der Waals surface area contributed by atoms with E-state index in [1.807, 2.05) is 0 Å². The van der Waals surface area contributed by atoms with Crippen molar-refractivity contribution in [1.29, 1.82) is 0 Å². The minimum Gasteiger partial charge on any atom is -0.390 e. The van der Waals surface area contributed by atoms with Gasteiger partial charge in [0.25, 0.3) is 11.8 Å². The second-order valence-electron chi connectivity index (χ2n) is 5.54. The molecule has 1 saturated heterocycles. The van der Waals surface area contributed by atoms with E-state index in [0.29, 0.717) is 5.89 Å². The first-order valence-corrected chi connectivity index (χ1v) is 8.13. The van der Waals surface area contributed by atoms with E-state index in [1.54, 1.807) is 11.3 Å². The maximum Gasteiger partial charge on any atom is 0.266 e. The molecule has 20 heavy (non-hydrogen) atoms. The smallest absolute Gasteiger partial charge is 0.266 e. The van der Waals surface area contributed by atoms with Gasteiger partial charge in [0.2, 0.25) is 0 Å². The molecule has 1 aliphatic heterocycles. The molecule has 2 aliphatic rings. The molecule has 0 unspecified atom stereocenters. The number of hydrogen-bond acceptors (Lipinski definition) is 6. The third-order valence-electron chi connectivity index (χ3n) is 4.22. The average molecular weight is 290 g/mol. The zero-order valence-corrected chi connectivity index (χ0v) is 12.2. The first-order valence-electron chi connectivity index (χ1n) is 7.32. The quantitative estimate of drug-likeness (QED) is 0.921. The maximum atomic E-state index is 6.15. The molecule has 4 rings (SSSR count). The Hall–Kier alpha value is -1.56. The van der Waals surface area contributed by atoms with Crippen molar-refractivity contribution in [2.45, 2.75) is 38.5 Å². The van der Waals surface area contributed by atoms with Crippen molar-refractivity contribution in [2.75, 3.05) is 23.7 Å². The highest BCUT2D eigenvalue weighted by Gasteiger charge is 2.26. The van der Waals surface area contributed by atoms with Gasteiger partial charge in [-0.25, -0.2) is 0 Å². The summed E-state index contributed by atoms with van der Waals surface area (Å²) in [5.74, 6) is 1.32. The number of aryl methyl sites for hydroxylation is 1. The minimum atomic E-state index is 0.600. The maximum absolute atomic E-state index is 6.15. The van der Waals surface area contributed by atoms with Gasteiger partial charge < -0.3 is 15.2 Å². The lowest BCUT2D eigenvalue weighted by atomic mass is 10.1. The van der Waals surface area contributed by atoms with Gasteiger partial charge in [-0.3, -0.25) is 0 Å². The molecule has 1 fully saturated rings. The highest BCUT2D eigenvalue weighted by molar-refractivity contribution is 7.16. The van der Waals surface area contributed by atoms with Crippen LogP contribution in [-0.2, 0) is 12.8 Å². The Labute approximate surface area is 121 Å². The topological polar surface area (TPSA) is 68.2 Å². The molecule has 1 aliphatic carbocycles. The molecule has 0 saturated carbocycles. The second-order valence-corrected chi connectivity index (χ2v) is 6.68. The monoisotopic (exact) mass is 290 g/mol. The number of aromatic nitrogens is 2. The van der Waals surface area contributed by atoms with E-state index >= 15 is 0 Å². The van der Waals surface area contributed by atoms with Crippen molar-refractivity contribution in [3.63, 3.8) is 0 Å². The molecule has 2 aromatic heterocycles. The van der Waals surface area contributed by atoms with Crippen molar-refractivity contribution < 1.29 is 4.52 Å². The van der Waals surface area contributed by atoms with Crippen LogP contribution in [0.25, 0.3) is 11.5 Å². The van der Waals surface area contributed by atoms with Gasteiger partial charge in [-0.15, -0.1) is 11.3 Å². The number of nitrogen functional groups attached to an aromatic ring is 1. The lowest BCUT2D eigenvalue weighted by Crippen LogP contribution is -2.30. The Kier molecular flexibility index (Phi) is 2.91. The van der Waals surface area contributed by atoms with Crippen LogP contribution in [0.1, 0.15) is 36.1 Å². The molecule has 2 N–H and O–H groups in total. The van der Waals surface area contributed by atoms with Crippen molar-refractivity contribution in [3.05, 3.63) is 10.4 Å². The van der Waals surface area contributed by atoms with Crippen molar-refractivity contribution in [2.24, 2.45) is 0 Å². The van der Waals surface area contributed by atoms with Gasteiger partial charge in [-0.1, -0.05) is 0 Å². The zero-order chi connectivity index (χ0) is 13.5. The lowest BCUT2D eigenvalue weighted by molar-refractivity contribution is 0.426. The summed E-state index contributed by atoms with van der Waals surface area (Å²) in [5.41, 5.74) is 8.48. The second kappa shape index (κ2) is 4.77. The number of piperidine rings is 1. The number of rotatable bonds is 2. The predicted molar refractivity (Wildman–Crippen MR) is 80.1 cm³/mol. The fourth-order valence-electron chi connectivity index (χ4n) is 3.20. The Morgan fingerprint density at radius 3 is 2.80 bits per heavy atom. The number of nitrogens with two attached hydrogens (primary N) is 1. The van der Waals surface area contributed by atoms with Crippen molar-refractivity contribution >= 4 is 22.3 Å². The molecule has 0 spiro atoms. The largest absolute Gasteiger partial charge is 0.390 e. The summed E-state index contributed by atoms with van der Waals surface area (Å²) in [6.45, 7) is 2.05. The van der Waals surface area contributed by atoms with E-state index in [-0.39, 0.29) is 0 Å². The molecule has 3 heterocycles. The molecule has 0 radical (unpaired) electrons. The van der Waals surface area contributed by atoms with Gasteiger partial charge in [0.05, 0.1) is 10.6 Å². The Bertz CT molecular complexity index is 627. The van der Waals surface area contributed by atoms with E-state index in [0.717, 1.165) is 42.4 Å². The molecule has 6 heteroatoms. The van der Waals surface area contributed by atoms with Crippen LogP contribution in [0.15, 0.2) is 4.52 Å². The predicted octanol–water partition coefficient (Wildman–Crippen LogP) is 2.86. The minimum absolute atomic E-state index is 0.600. The molecule has 0 bridgehead atoms. The summed E-state index contributed by atoms with van der Waals surface area (Å²) in [6, 6.07) is 0. The van der Waals surface area contributed by atoms with Crippen LogP contribution < -0.4 is 10.6 Å². The van der Waals surface area contributed by atoms with Crippen LogP contribution in [0.4, 0.5) is 10.9 Å². The third-order valence-corrected chi connectivity index (χ3v) is 5.34. The summed E-state index contributed by atoms with van der Waals surface area (Å²) in [4.78, 5) is 8.20. The Balaban J connectivity index is 1.68. The molecule has 106 valence electrons. The number of fused-ring (bicyclic) bond motifs is 1. The normalized spacial score (nSPS) is 18.5. The Morgan fingerprint density at radius 1 is 1.10 bits per heavy atom. The Morgan fingerprint density at radius 2 is 1.95 bits per heavy atom. The summed E-state index contributed by atoms with van der Waals surface area (Å²) < 4.78 is 5.49. The first-order chi connectivity index (χ1) is 9.83. The van der Waals surface area contributed by atoms with Gasteiger partial charge in [-0.2, -0.15) is 4.98 Å². The summed E-state index contributed by atoms with van der Waals surface area (Å²) in [7, 11) is 0. The molecular weight excluding hydrogens is 272 g/mol. The van der Waals surface area contributed by atoms with Gasteiger partial charge >= 0.3 is 0 Å². The summed E-state index contributed by atoms with van der Waals surface area (Å²) >= 11 is 1.68. The van der Waals surface area contributed by atoms with E-state index in [1.165, 1.54) is 36.1 Å². The SMILES string of the molecule is Nc1sc2c(c1-c1nc(N3CCCCC3)no1)CCC2. The van der Waals surface area contributed by atoms with Gasteiger partial charge in [0.15, 0.2) is 0 Å². The lowest BCUT2D eigenvalue weighted by Gasteiger charge is -2.24. The van der Waals surface area contributed by atoms with Crippen LogP contribution in [0.2, 0.25) is 0 Å². The number of anilines is 2. The zero-order valence-electron chi connectivity index (χ0n) is 11.4. The van der Waals surface area contributed by atoms with E-state index < -0.39 is 0 Å². The van der Waals surface area contributed by atoms with E-state index in [4.69, 9.17) is 10.3 Å². The highest BCUT2D eigenvalue weighted by atomic mass is 32.1. The molecule has 5 nitrogen and oxygen atoms in total. The van der Waals surface area contributed by atoms with E-state index in [9.17, 15) is 0 Å². The fourth-order valence-corrected chi connectivity index (χ4v) is 4.35. The molecule has 0 amide bonds. The standard InChI is InChI=1S/C14H18N4OS/c15-12-11(9-5-4-6-10(9)20-12)13-16-14(17-19-13)18-7-2-1-3-8-18/h1-8,15H2. The number of nitrogens with zero attached hydrogens (tertiary/aromatic N) is 3. The third kappa shape index (κ3) is 1.90. The van der Waals surface area contributed by atoms with Crippen molar-refractivity contribution in [3.8, 4) is 11.5 Å². The average Bonchev–Trinajstić information content (AvgIpc) is 3.15. The fraction of sp³-hybridized carbons (Fsp3) is 0.571. The van der Waals surface area contributed by atoms with Crippen LogP contribution in [0.5, 0.6) is 0 Å². The van der Waals surface area contributed by atoms with E-state index in [2.05, 4.69) is 15.0 Å². The van der Waals surface area contributed by atoms with Crippen LogP contribution in [0, 0.1) is 0 Å². The number of hydrogen-bond donors (Lipinski definition) is 1. The van der Waals surface area contributed by atoms with Gasteiger partial charge in [0.1, 0.15) is 0 Å².